The quantitative estimate of drug-likeness (QED) is 0.663. The number of halogens is 2. The monoisotopic (exact) mass is 379 g/mol. The summed E-state index contributed by atoms with van der Waals surface area (Å²) in [5.74, 6) is 0.612. The lowest BCUT2D eigenvalue weighted by Gasteiger charge is -2.10. The van der Waals surface area contributed by atoms with Gasteiger partial charge in [-0.2, -0.15) is 16.4 Å². The Balaban J connectivity index is 1.63. The van der Waals surface area contributed by atoms with Gasteiger partial charge in [-0.25, -0.2) is 4.68 Å². The molecule has 2 aromatic heterocycles. The second kappa shape index (κ2) is 7.83. The molecular weight excluding hydrogens is 365 g/mol. The van der Waals surface area contributed by atoms with E-state index in [1.165, 1.54) is 5.56 Å². The average molecular weight is 380 g/mol. The van der Waals surface area contributed by atoms with Crippen molar-refractivity contribution in [1.82, 2.24) is 9.78 Å². The Labute approximate surface area is 154 Å². The molecule has 0 spiro atoms. The third-order valence-corrected chi connectivity index (χ3v) is 4.86. The fourth-order valence-corrected chi connectivity index (χ4v) is 3.45. The van der Waals surface area contributed by atoms with Crippen LogP contribution in [0.3, 0.4) is 0 Å². The number of benzene rings is 1. The highest BCUT2D eigenvalue weighted by atomic mass is 35.5. The van der Waals surface area contributed by atoms with Gasteiger partial charge < -0.3 is 5.32 Å². The first-order valence-electron chi connectivity index (χ1n) is 7.38. The van der Waals surface area contributed by atoms with Gasteiger partial charge in [0.15, 0.2) is 0 Å². The fourth-order valence-electron chi connectivity index (χ4n) is 2.27. The molecule has 0 saturated carbocycles. The van der Waals surface area contributed by atoms with Crippen molar-refractivity contribution in [3.05, 3.63) is 68.5 Å². The number of anilines is 1. The third-order valence-electron chi connectivity index (χ3n) is 3.54. The van der Waals surface area contributed by atoms with E-state index in [0.29, 0.717) is 28.8 Å². The van der Waals surface area contributed by atoms with Crippen LogP contribution in [0.5, 0.6) is 0 Å². The van der Waals surface area contributed by atoms with Gasteiger partial charge in [0.1, 0.15) is 5.82 Å². The van der Waals surface area contributed by atoms with Crippen LogP contribution in [0.25, 0.3) is 0 Å². The van der Waals surface area contributed by atoms with E-state index in [1.807, 2.05) is 17.5 Å². The minimum Gasteiger partial charge on any atom is -0.311 e. The molecule has 7 heteroatoms. The second-order valence-corrected chi connectivity index (χ2v) is 6.91. The number of aryl methyl sites for hydroxylation is 1. The van der Waals surface area contributed by atoms with Crippen LogP contribution >= 0.6 is 34.5 Å². The Hall–Kier alpha value is -1.82. The molecular formula is C17H15Cl2N3OS. The first-order valence-corrected chi connectivity index (χ1v) is 9.08. The highest BCUT2D eigenvalue weighted by Gasteiger charge is 2.10. The number of nitrogens with one attached hydrogen (secondary N) is 1. The van der Waals surface area contributed by atoms with Crippen molar-refractivity contribution >= 4 is 46.3 Å². The van der Waals surface area contributed by atoms with Crippen LogP contribution in [-0.4, -0.2) is 15.7 Å². The zero-order valence-corrected chi connectivity index (χ0v) is 15.0. The molecule has 0 fully saturated rings. The molecule has 0 aliphatic carbocycles. The van der Waals surface area contributed by atoms with Crippen molar-refractivity contribution in [3.8, 4) is 0 Å². The van der Waals surface area contributed by atoms with Crippen molar-refractivity contribution in [1.29, 1.82) is 0 Å². The number of aromatic nitrogens is 2. The number of carbonyl (C=O) groups excluding carboxylic acids is 1. The Morgan fingerprint density at radius 2 is 2.12 bits per heavy atom. The average Bonchev–Trinajstić information content (AvgIpc) is 3.20. The van der Waals surface area contributed by atoms with E-state index in [0.717, 1.165) is 12.0 Å². The third kappa shape index (κ3) is 4.38. The maximum atomic E-state index is 12.1. The van der Waals surface area contributed by atoms with Gasteiger partial charge >= 0.3 is 0 Å². The molecule has 0 unspecified atom stereocenters. The number of amides is 1. The summed E-state index contributed by atoms with van der Waals surface area (Å²) in [6.07, 6.45) is 2.81. The van der Waals surface area contributed by atoms with E-state index in [4.69, 9.17) is 23.2 Å². The molecule has 2 heterocycles. The molecule has 0 aliphatic heterocycles. The molecule has 3 rings (SSSR count). The van der Waals surface area contributed by atoms with Crippen molar-refractivity contribution in [3.63, 3.8) is 0 Å². The summed E-state index contributed by atoms with van der Waals surface area (Å²) in [6, 6.07) is 9.14. The van der Waals surface area contributed by atoms with E-state index in [9.17, 15) is 4.79 Å². The molecule has 0 aliphatic rings. The minimum atomic E-state index is -0.0369. The largest absolute Gasteiger partial charge is 0.311 e. The summed E-state index contributed by atoms with van der Waals surface area (Å²) in [7, 11) is 0. The maximum Gasteiger partial charge on any atom is 0.225 e. The summed E-state index contributed by atoms with van der Waals surface area (Å²) >= 11 is 13.7. The first kappa shape index (κ1) is 17.0. The molecule has 24 heavy (non-hydrogen) atoms. The van der Waals surface area contributed by atoms with Crippen molar-refractivity contribution < 1.29 is 4.79 Å². The van der Waals surface area contributed by atoms with Gasteiger partial charge in [0.05, 0.1) is 12.7 Å². The molecule has 0 atom stereocenters. The zero-order chi connectivity index (χ0) is 16.9. The Bertz CT molecular complexity index is 830. The van der Waals surface area contributed by atoms with Gasteiger partial charge in [0.25, 0.3) is 0 Å². The minimum absolute atomic E-state index is 0.0369. The molecule has 0 bridgehead atoms. The van der Waals surface area contributed by atoms with E-state index < -0.39 is 0 Å². The predicted octanol–water partition coefficient (Wildman–Crippen LogP) is 4.87. The molecule has 0 radical (unpaired) electrons. The maximum absolute atomic E-state index is 12.1. The Morgan fingerprint density at radius 1 is 1.25 bits per heavy atom. The first-order chi connectivity index (χ1) is 11.6. The number of nitrogens with zero attached hydrogens (tertiary/aromatic N) is 2. The SMILES string of the molecule is O=C(CCc1ccsc1)Nc1ccnn1Cc1ccc(Cl)cc1Cl. The van der Waals surface area contributed by atoms with E-state index in [1.54, 1.807) is 40.4 Å². The van der Waals surface area contributed by atoms with E-state index in [-0.39, 0.29) is 5.91 Å². The smallest absolute Gasteiger partial charge is 0.225 e. The lowest BCUT2D eigenvalue weighted by atomic mass is 10.2. The fraction of sp³-hybridized carbons (Fsp3) is 0.176. The van der Waals surface area contributed by atoms with Gasteiger partial charge in [0, 0.05) is 22.5 Å². The van der Waals surface area contributed by atoms with E-state index in [2.05, 4.69) is 15.8 Å². The second-order valence-electron chi connectivity index (χ2n) is 5.29. The normalized spacial score (nSPS) is 10.8. The van der Waals surface area contributed by atoms with Gasteiger partial charge in [-0.15, -0.1) is 0 Å². The Kier molecular flexibility index (Phi) is 5.56. The van der Waals surface area contributed by atoms with Crippen molar-refractivity contribution in [2.75, 3.05) is 5.32 Å². The highest BCUT2D eigenvalue weighted by Crippen LogP contribution is 2.22. The Morgan fingerprint density at radius 3 is 2.88 bits per heavy atom. The van der Waals surface area contributed by atoms with Crippen LogP contribution in [0, 0.1) is 0 Å². The number of hydrogen-bond acceptors (Lipinski definition) is 3. The molecule has 0 saturated heterocycles. The lowest BCUT2D eigenvalue weighted by Crippen LogP contribution is -2.16. The van der Waals surface area contributed by atoms with Crippen LogP contribution in [0.4, 0.5) is 5.82 Å². The van der Waals surface area contributed by atoms with E-state index >= 15 is 0 Å². The number of carbonyl (C=O) groups is 1. The van der Waals surface area contributed by atoms with Crippen LogP contribution < -0.4 is 5.32 Å². The standard InChI is InChI=1S/C17H15Cl2N3OS/c18-14-3-2-13(15(19)9-14)10-22-16(5-7-20-22)21-17(23)4-1-12-6-8-24-11-12/h2-3,5-9,11H,1,4,10H2,(H,21,23). The molecule has 4 nitrogen and oxygen atoms in total. The summed E-state index contributed by atoms with van der Waals surface area (Å²) in [4.78, 5) is 12.1. The number of thiophene rings is 1. The topological polar surface area (TPSA) is 46.9 Å². The van der Waals surface area contributed by atoms with Crippen molar-refractivity contribution in [2.45, 2.75) is 19.4 Å². The molecule has 124 valence electrons. The summed E-state index contributed by atoms with van der Waals surface area (Å²) < 4.78 is 1.71. The molecule has 3 aromatic rings. The summed E-state index contributed by atoms with van der Waals surface area (Å²) in [5, 5.41) is 12.4. The number of hydrogen-bond donors (Lipinski definition) is 1. The zero-order valence-electron chi connectivity index (χ0n) is 12.7. The van der Waals surface area contributed by atoms with Crippen LogP contribution in [-0.2, 0) is 17.8 Å². The van der Waals surface area contributed by atoms with Crippen LogP contribution in [0.15, 0.2) is 47.3 Å². The van der Waals surface area contributed by atoms with Gasteiger partial charge in [0.2, 0.25) is 5.91 Å². The van der Waals surface area contributed by atoms with Crippen LogP contribution in [0.1, 0.15) is 17.5 Å². The van der Waals surface area contributed by atoms with Gasteiger partial charge in [-0.3, -0.25) is 4.79 Å². The van der Waals surface area contributed by atoms with Gasteiger partial charge in [-0.1, -0.05) is 29.3 Å². The molecule has 1 N–H and O–H groups in total. The predicted molar refractivity (Wildman–Crippen MR) is 99.1 cm³/mol. The molecule has 1 aromatic carbocycles. The van der Waals surface area contributed by atoms with Crippen LogP contribution in [0.2, 0.25) is 10.0 Å². The highest BCUT2D eigenvalue weighted by molar-refractivity contribution is 7.07. The lowest BCUT2D eigenvalue weighted by molar-refractivity contribution is -0.116. The number of rotatable bonds is 6. The molecule has 1 amide bonds. The van der Waals surface area contributed by atoms with Crippen molar-refractivity contribution in [2.24, 2.45) is 0 Å². The summed E-state index contributed by atoms with van der Waals surface area (Å²) in [6.45, 7) is 0.461. The van der Waals surface area contributed by atoms with Gasteiger partial charge in [-0.05, 0) is 46.5 Å². The summed E-state index contributed by atoms with van der Waals surface area (Å²) in [5.41, 5.74) is 2.06.